The van der Waals surface area contributed by atoms with Crippen LogP contribution in [0.4, 0.5) is 5.69 Å². The Morgan fingerprint density at radius 2 is 2.29 bits per heavy atom. The Hall–Kier alpha value is -2.04. The van der Waals surface area contributed by atoms with Crippen LogP contribution in [0.5, 0.6) is 5.75 Å². The summed E-state index contributed by atoms with van der Waals surface area (Å²) in [6.07, 6.45) is 1.69. The molecule has 2 rings (SSSR count). The van der Waals surface area contributed by atoms with Crippen molar-refractivity contribution in [3.63, 3.8) is 0 Å². The molecule has 1 aromatic carbocycles. The van der Waals surface area contributed by atoms with Crippen LogP contribution in [0.25, 0.3) is 0 Å². The minimum atomic E-state index is 0.645. The van der Waals surface area contributed by atoms with Crippen molar-refractivity contribution >= 4 is 5.69 Å². The number of benzene rings is 1. The highest BCUT2D eigenvalue weighted by atomic mass is 16.5. The Labute approximate surface area is 100 Å². The van der Waals surface area contributed by atoms with Crippen LogP contribution in [0.2, 0.25) is 0 Å². The van der Waals surface area contributed by atoms with Gasteiger partial charge in [-0.15, -0.1) is 10.2 Å². The lowest BCUT2D eigenvalue weighted by Gasteiger charge is -2.08. The van der Waals surface area contributed by atoms with E-state index in [4.69, 9.17) is 4.74 Å². The molecule has 0 radical (unpaired) electrons. The highest BCUT2D eigenvalue weighted by Gasteiger charge is 2.00. The minimum absolute atomic E-state index is 0.645. The number of hydrogen-bond acceptors (Lipinski definition) is 4. The molecule has 1 aromatic heterocycles. The largest absolute Gasteiger partial charge is 0.494 e. The van der Waals surface area contributed by atoms with Gasteiger partial charge in [0.15, 0.2) is 5.82 Å². The zero-order valence-electron chi connectivity index (χ0n) is 10.1. The zero-order chi connectivity index (χ0) is 12.1. The van der Waals surface area contributed by atoms with Crippen molar-refractivity contribution in [2.24, 2.45) is 7.05 Å². The van der Waals surface area contributed by atoms with Gasteiger partial charge in [0.1, 0.15) is 12.1 Å². The van der Waals surface area contributed by atoms with Crippen molar-refractivity contribution in [3.8, 4) is 5.75 Å². The van der Waals surface area contributed by atoms with Crippen LogP contribution in [0.3, 0.4) is 0 Å². The van der Waals surface area contributed by atoms with Crippen molar-refractivity contribution in [1.29, 1.82) is 0 Å². The molecule has 0 aliphatic carbocycles. The number of anilines is 1. The Kier molecular flexibility index (Phi) is 3.59. The van der Waals surface area contributed by atoms with E-state index in [1.165, 1.54) is 0 Å². The highest BCUT2D eigenvalue weighted by molar-refractivity contribution is 5.48. The van der Waals surface area contributed by atoms with Crippen LogP contribution in [0.1, 0.15) is 12.7 Å². The molecule has 5 nitrogen and oxygen atoms in total. The van der Waals surface area contributed by atoms with E-state index < -0.39 is 0 Å². The van der Waals surface area contributed by atoms with Gasteiger partial charge < -0.3 is 14.6 Å². The third kappa shape index (κ3) is 2.96. The first-order valence-corrected chi connectivity index (χ1v) is 5.59. The zero-order valence-corrected chi connectivity index (χ0v) is 10.1. The van der Waals surface area contributed by atoms with E-state index in [1.807, 2.05) is 42.8 Å². The summed E-state index contributed by atoms with van der Waals surface area (Å²) in [5, 5.41) is 11.1. The van der Waals surface area contributed by atoms with Crippen LogP contribution >= 0.6 is 0 Å². The molecule has 0 saturated carbocycles. The number of nitrogens with one attached hydrogen (secondary N) is 1. The van der Waals surface area contributed by atoms with Gasteiger partial charge in [0.05, 0.1) is 13.2 Å². The Morgan fingerprint density at radius 1 is 1.41 bits per heavy atom. The van der Waals surface area contributed by atoms with Crippen molar-refractivity contribution in [1.82, 2.24) is 14.8 Å². The van der Waals surface area contributed by atoms with Gasteiger partial charge in [-0.05, 0) is 19.1 Å². The van der Waals surface area contributed by atoms with Gasteiger partial charge >= 0.3 is 0 Å². The molecule has 5 heteroatoms. The number of hydrogen-bond donors (Lipinski definition) is 1. The van der Waals surface area contributed by atoms with E-state index in [-0.39, 0.29) is 0 Å². The summed E-state index contributed by atoms with van der Waals surface area (Å²) in [6, 6.07) is 7.87. The first-order valence-electron chi connectivity index (χ1n) is 5.59. The molecule has 0 spiro atoms. The highest BCUT2D eigenvalue weighted by Crippen LogP contribution is 2.17. The summed E-state index contributed by atoms with van der Waals surface area (Å²) in [6.45, 7) is 3.29. The molecular formula is C12H16N4O. The van der Waals surface area contributed by atoms with Crippen molar-refractivity contribution in [3.05, 3.63) is 36.4 Å². The van der Waals surface area contributed by atoms with Crippen LogP contribution in [0.15, 0.2) is 30.6 Å². The topological polar surface area (TPSA) is 52.0 Å². The Balaban J connectivity index is 1.99. The van der Waals surface area contributed by atoms with Gasteiger partial charge in [-0.3, -0.25) is 0 Å². The standard InChI is InChI=1S/C12H16N4O/c1-3-17-11-6-4-5-10(7-11)13-8-12-15-14-9-16(12)2/h4-7,9,13H,3,8H2,1-2H3. The fourth-order valence-corrected chi connectivity index (χ4v) is 1.51. The van der Waals surface area contributed by atoms with Gasteiger partial charge in [0, 0.05) is 18.8 Å². The summed E-state index contributed by atoms with van der Waals surface area (Å²) < 4.78 is 7.32. The second-order valence-corrected chi connectivity index (χ2v) is 3.67. The fraction of sp³-hybridized carbons (Fsp3) is 0.333. The number of rotatable bonds is 5. The first kappa shape index (κ1) is 11.4. The molecule has 0 aliphatic heterocycles. The summed E-state index contributed by atoms with van der Waals surface area (Å²) in [4.78, 5) is 0. The van der Waals surface area contributed by atoms with Gasteiger partial charge in [0.25, 0.3) is 0 Å². The maximum Gasteiger partial charge on any atom is 0.151 e. The average molecular weight is 232 g/mol. The smallest absolute Gasteiger partial charge is 0.151 e. The minimum Gasteiger partial charge on any atom is -0.494 e. The van der Waals surface area contributed by atoms with Crippen LogP contribution in [0, 0.1) is 0 Å². The molecule has 0 saturated heterocycles. The SMILES string of the molecule is CCOc1cccc(NCc2nncn2C)c1. The van der Waals surface area contributed by atoms with Crippen molar-refractivity contribution < 1.29 is 4.74 Å². The average Bonchev–Trinajstić information content (AvgIpc) is 2.73. The molecule has 0 amide bonds. The maximum atomic E-state index is 5.43. The quantitative estimate of drug-likeness (QED) is 0.854. The number of nitrogens with zero attached hydrogens (tertiary/aromatic N) is 3. The van der Waals surface area contributed by atoms with Crippen molar-refractivity contribution in [2.45, 2.75) is 13.5 Å². The van der Waals surface area contributed by atoms with Crippen LogP contribution < -0.4 is 10.1 Å². The maximum absolute atomic E-state index is 5.43. The molecule has 1 N–H and O–H groups in total. The number of aryl methyl sites for hydroxylation is 1. The Bertz CT molecular complexity index is 481. The first-order chi connectivity index (χ1) is 8.29. The summed E-state index contributed by atoms with van der Waals surface area (Å²) >= 11 is 0. The predicted octanol–water partition coefficient (Wildman–Crippen LogP) is 1.83. The molecule has 0 unspecified atom stereocenters. The monoisotopic (exact) mass is 232 g/mol. The molecule has 0 bridgehead atoms. The lowest BCUT2D eigenvalue weighted by molar-refractivity contribution is 0.340. The second kappa shape index (κ2) is 5.34. The second-order valence-electron chi connectivity index (χ2n) is 3.67. The summed E-state index contributed by atoms with van der Waals surface area (Å²) in [5.41, 5.74) is 1.01. The molecular weight excluding hydrogens is 216 g/mol. The number of ether oxygens (including phenoxy) is 1. The van der Waals surface area contributed by atoms with E-state index in [2.05, 4.69) is 15.5 Å². The summed E-state index contributed by atoms with van der Waals surface area (Å²) in [7, 11) is 1.92. The van der Waals surface area contributed by atoms with Crippen LogP contribution in [-0.4, -0.2) is 21.4 Å². The summed E-state index contributed by atoms with van der Waals surface area (Å²) in [5.74, 6) is 1.77. The molecule has 17 heavy (non-hydrogen) atoms. The van der Waals surface area contributed by atoms with Crippen LogP contribution in [-0.2, 0) is 13.6 Å². The third-order valence-electron chi connectivity index (χ3n) is 2.40. The molecule has 0 fully saturated rings. The fourth-order valence-electron chi connectivity index (χ4n) is 1.51. The molecule has 0 aliphatic rings. The molecule has 2 aromatic rings. The van der Waals surface area contributed by atoms with E-state index in [1.54, 1.807) is 6.33 Å². The van der Waals surface area contributed by atoms with E-state index in [0.717, 1.165) is 17.3 Å². The molecule has 90 valence electrons. The van der Waals surface area contributed by atoms with Gasteiger partial charge in [-0.1, -0.05) is 6.07 Å². The Morgan fingerprint density at radius 3 is 3.00 bits per heavy atom. The van der Waals surface area contributed by atoms with Gasteiger partial charge in [0.2, 0.25) is 0 Å². The number of aromatic nitrogens is 3. The lowest BCUT2D eigenvalue weighted by Crippen LogP contribution is -2.05. The van der Waals surface area contributed by atoms with E-state index in [9.17, 15) is 0 Å². The lowest BCUT2D eigenvalue weighted by atomic mass is 10.3. The van der Waals surface area contributed by atoms with E-state index >= 15 is 0 Å². The van der Waals surface area contributed by atoms with Crippen molar-refractivity contribution in [2.75, 3.05) is 11.9 Å². The third-order valence-corrected chi connectivity index (χ3v) is 2.40. The molecule has 1 heterocycles. The van der Waals surface area contributed by atoms with Gasteiger partial charge in [-0.25, -0.2) is 0 Å². The van der Waals surface area contributed by atoms with Gasteiger partial charge in [-0.2, -0.15) is 0 Å². The molecule has 0 atom stereocenters. The normalized spacial score (nSPS) is 10.2. The predicted molar refractivity (Wildman–Crippen MR) is 65.9 cm³/mol. The van der Waals surface area contributed by atoms with E-state index in [0.29, 0.717) is 13.2 Å².